The molecule has 1 fully saturated rings. The molecule has 0 spiro atoms. The summed E-state index contributed by atoms with van der Waals surface area (Å²) < 4.78 is 28.4. The number of nitrogens with one attached hydrogen (secondary N) is 1. The van der Waals surface area contributed by atoms with Crippen LogP contribution >= 0.6 is 11.3 Å². The molecule has 0 aliphatic carbocycles. The van der Waals surface area contributed by atoms with Gasteiger partial charge in [0.2, 0.25) is 0 Å². The van der Waals surface area contributed by atoms with E-state index in [1.54, 1.807) is 0 Å². The van der Waals surface area contributed by atoms with Gasteiger partial charge in [0, 0.05) is 19.6 Å². The number of anilines is 2. The number of aromatic nitrogens is 1. The van der Waals surface area contributed by atoms with Crippen molar-refractivity contribution in [3.05, 3.63) is 4.88 Å². The zero-order valence-electron chi connectivity index (χ0n) is 11.5. The quantitative estimate of drug-likeness (QED) is 0.741. The smallest absolute Gasteiger partial charge is 0.265 e. The Kier molecular flexibility index (Phi) is 5.68. The molecule has 2 heterocycles. The molecule has 1 aromatic rings. The van der Waals surface area contributed by atoms with Crippen molar-refractivity contribution in [2.75, 3.05) is 43.5 Å². The summed E-state index contributed by atoms with van der Waals surface area (Å²) in [5.41, 5.74) is 5.76. The summed E-state index contributed by atoms with van der Waals surface area (Å²) >= 11 is 1.25. The second-order valence-corrected chi connectivity index (χ2v) is 5.60. The largest absolute Gasteiger partial charge is 0.382 e. The molecule has 0 atom stereocenters. The van der Waals surface area contributed by atoms with Crippen molar-refractivity contribution >= 4 is 28.2 Å². The molecule has 1 aliphatic rings. The zero-order valence-corrected chi connectivity index (χ0v) is 12.3. The molecule has 9 heteroatoms. The van der Waals surface area contributed by atoms with Crippen LogP contribution in [0.3, 0.4) is 0 Å². The number of nitrogens with zero attached hydrogens (tertiary/aromatic N) is 2. The Labute approximate surface area is 125 Å². The van der Waals surface area contributed by atoms with Gasteiger partial charge in [-0.05, 0) is 12.8 Å². The number of hydrogen-bond donors (Lipinski definition) is 2. The summed E-state index contributed by atoms with van der Waals surface area (Å²) in [6.07, 6.45) is -0.272. The third-order valence-electron chi connectivity index (χ3n) is 3.00. The van der Waals surface area contributed by atoms with Crippen LogP contribution in [-0.2, 0) is 4.74 Å². The van der Waals surface area contributed by atoms with Crippen LogP contribution in [0.5, 0.6) is 0 Å². The van der Waals surface area contributed by atoms with Crippen LogP contribution in [0.2, 0.25) is 0 Å². The number of hydrogen-bond acceptors (Lipinski definition) is 6. The Morgan fingerprint density at radius 1 is 1.48 bits per heavy atom. The van der Waals surface area contributed by atoms with Crippen LogP contribution in [0, 0.1) is 0 Å². The summed E-state index contributed by atoms with van der Waals surface area (Å²) in [7, 11) is 0. The number of halogens is 2. The van der Waals surface area contributed by atoms with E-state index in [4.69, 9.17) is 5.73 Å². The molecular weight excluding hydrogens is 302 g/mol. The summed E-state index contributed by atoms with van der Waals surface area (Å²) in [4.78, 5) is 18.6. The average molecular weight is 320 g/mol. The van der Waals surface area contributed by atoms with Gasteiger partial charge in [-0.1, -0.05) is 11.3 Å². The highest BCUT2D eigenvalue weighted by Crippen LogP contribution is 2.30. The maximum atomic E-state index is 11.9. The SMILES string of the molecule is Nc1nc(N2CCCC2)sc1C(=O)NCCOCC(F)F. The molecule has 0 unspecified atom stereocenters. The van der Waals surface area contributed by atoms with E-state index in [0.29, 0.717) is 4.88 Å². The number of amides is 1. The maximum Gasteiger partial charge on any atom is 0.265 e. The number of nitrogen functional groups attached to an aromatic ring is 1. The number of carbonyl (C=O) groups excluding carboxylic acids is 1. The van der Waals surface area contributed by atoms with Crippen LogP contribution < -0.4 is 16.0 Å². The molecule has 1 aromatic heterocycles. The van der Waals surface area contributed by atoms with Crippen LogP contribution in [-0.4, -0.2) is 50.2 Å². The minimum atomic E-state index is -2.50. The third-order valence-corrected chi connectivity index (χ3v) is 4.13. The van der Waals surface area contributed by atoms with E-state index in [1.807, 2.05) is 0 Å². The average Bonchev–Trinajstić information content (AvgIpc) is 3.06. The fourth-order valence-corrected chi connectivity index (χ4v) is 2.97. The topological polar surface area (TPSA) is 80.5 Å². The van der Waals surface area contributed by atoms with E-state index >= 15 is 0 Å². The molecule has 1 amide bonds. The molecular formula is C12H18F2N4O2S. The highest BCUT2D eigenvalue weighted by molar-refractivity contribution is 7.18. The van der Waals surface area contributed by atoms with Gasteiger partial charge in [0.1, 0.15) is 17.3 Å². The van der Waals surface area contributed by atoms with Crippen LogP contribution in [0.25, 0.3) is 0 Å². The second kappa shape index (κ2) is 7.51. The zero-order chi connectivity index (χ0) is 15.2. The lowest BCUT2D eigenvalue weighted by Crippen LogP contribution is -2.27. The number of nitrogens with two attached hydrogens (primary N) is 1. The number of alkyl halides is 2. The first-order valence-electron chi connectivity index (χ1n) is 6.73. The fraction of sp³-hybridized carbons (Fsp3) is 0.667. The van der Waals surface area contributed by atoms with Gasteiger partial charge in [0.05, 0.1) is 6.61 Å². The van der Waals surface area contributed by atoms with Crippen molar-refractivity contribution in [3.8, 4) is 0 Å². The first-order valence-corrected chi connectivity index (χ1v) is 7.55. The monoisotopic (exact) mass is 320 g/mol. The van der Waals surface area contributed by atoms with Crippen LogP contribution in [0.4, 0.5) is 19.7 Å². The van der Waals surface area contributed by atoms with Gasteiger partial charge in [0.25, 0.3) is 12.3 Å². The number of carbonyl (C=O) groups is 1. The highest BCUT2D eigenvalue weighted by atomic mass is 32.1. The van der Waals surface area contributed by atoms with E-state index in [9.17, 15) is 13.6 Å². The van der Waals surface area contributed by atoms with Crippen molar-refractivity contribution in [2.45, 2.75) is 19.3 Å². The minimum Gasteiger partial charge on any atom is -0.382 e. The molecule has 2 rings (SSSR count). The van der Waals surface area contributed by atoms with Crippen molar-refractivity contribution < 1.29 is 18.3 Å². The number of rotatable bonds is 7. The molecule has 118 valence electrons. The van der Waals surface area contributed by atoms with Crippen molar-refractivity contribution in [3.63, 3.8) is 0 Å². The molecule has 21 heavy (non-hydrogen) atoms. The van der Waals surface area contributed by atoms with E-state index < -0.39 is 13.0 Å². The van der Waals surface area contributed by atoms with Crippen LogP contribution in [0.1, 0.15) is 22.5 Å². The van der Waals surface area contributed by atoms with Gasteiger partial charge in [-0.25, -0.2) is 13.8 Å². The summed E-state index contributed by atoms with van der Waals surface area (Å²) in [5, 5.41) is 3.33. The van der Waals surface area contributed by atoms with Gasteiger partial charge in [-0.2, -0.15) is 0 Å². The molecule has 3 N–H and O–H groups in total. The second-order valence-electron chi connectivity index (χ2n) is 4.63. The Morgan fingerprint density at radius 2 is 2.19 bits per heavy atom. The predicted molar refractivity (Wildman–Crippen MR) is 77.1 cm³/mol. The lowest BCUT2D eigenvalue weighted by Gasteiger charge is -2.11. The minimum absolute atomic E-state index is 0.0355. The van der Waals surface area contributed by atoms with Gasteiger partial charge in [-0.3, -0.25) is 4.79 Å². The molecule has 6 nitrogen and oxygen atoms in total. The van der Waals surface area contributed by atoms with Crippen molar-refractivity contribution in [2.24, 2.45) is 0 Å². The Bertz CT molecular complexity index is 478. The molecule has 1 saturated heterocycles. The lowest BCUT2D eigenvalue weighted by molar-refractivity contribution is 0.0188. The van der Waals surface area contributed by atoms with Gasteiger partial charge in [-0.15, -0.1) is 0 Å². The molecule has 0 bridgehead atoms. The Hall–Kier alpha value is -1.48. The Morgan fingerprint density at radius 3 is 2.86 bits per heavy atom. The highest BCUT2D eigenvalue weighted by Gasteiger charge is 2.21. The lowest BCUT2D eigenvalue weighted by atomic mass is 10.4. The fourth-order valence-electron chi connectivity index (χ4n) is 2.02. The number of thiazole rings is 1. The van der Waals surface area contributed by atoms with Gasteiger partial charge in [0.15, 0.2) is 5.13 Å². The first-order chi connectivity index (χ1) is 10.1. The molecule has 0 radical (unpaired) electrons. The van der Waals surface area contributed by atoms with Crippen molar-refractivity contribution in [1.29, 1.82) is 0 Å². The van der Waals surface area contributed by atoms with E-state index in [0.717, 1.165) is 31.1 Å². The Balaban J connectivity index is 1.81. The maximum absolute atomic E-state index is 11.9. The normalized spacial score (nSPS) is 14.9. The van der Waals surface area contributed by atoms with Gasteiger partial charge >= 0.3 is 0 Å². The van der Waals surface area contributed by atoms with E-state index in [2.05, 4.69) is 19.9 Å². The summed E-state index contributed by atoms with van der Waals surface area (Å²) in [6, 6.07) is 0. The molecule has 1 aliphatic heterocycles. The standard InChI is InChI=1S/C12H18F2N4O2S/c13-8(14)7-20-6-3-16-11(19)9-10(15)17-12(21-9)18-4-1-2-5-18/h8H,1-7,15H2,(H,16,19). The first kappa shape index (κ1) is 15.9. The summed E-state index contributed by atoms with van der Waals surface area (Å²) in [6.45, 7) is 1.42. The van der Waals surface area contributed by atoms with Crippen LogP contribution in [0.15, 0.2) is 0 Å². The third kappa shape index (κ3) is 4.50. The number of ether oxygens (including phenoxy) is 1. The summed E-state index contributed by atoms with van der Waals surface area (Å²) in [5.74, 6) is -0.149. The molecule has 0 saturated carbocycles. The molecule has 0 aromatic carbocycles. The van der Waals surface area contributed by atoms with Gasteiger partial charge < -0.3 is 20.7 Å². The van der Waals surface area contributed by atoms with E-state index in [1.165, 1.54) is 11.3 Å². The van der Waals surface area contributed by atoms with Crippen molar-refractivity contribution in [1.82, 2.24) is 10.3 Å². The predicted octanol–water partition coefficient (Wildman–Crippen LogP) is 1.34. The van der Waals surface area contributed by atoms with E-state index in [-0.39, 0.29) is 24.9 Å².